The molecule has 0 aliphatic carbocycles. The highest BCUT2D eigenvalue weighted by Gasteiger charge is 2.24. The second-order valence-electron chi connectivity index (χ2n) is 6.53. The van der Waals surface area contributed by atoms with E-state index in [9.17, 15) is 9.18 Å². The molecule has 4 rings (SSSR count). The minimum atomic E-state index is -0.295. The molecule has 0 radical (unpaired) electrons. The number of ether oxygens (including phenoxy) is 1. The van der Waals surface area contributed by atoms with Crippen LogP contribution in [0.25, 0.3) is 6.08 Å². The normalized spacial score (nSPS) is 16.0. The molecular weight excluding hydrogens is 503 g/mol. The standard InChI is InChI=1S/C23H15BrClFN2O2S/c24-16-7-10-20(30-13-14-5-8-17(26)9-6-14)15(11-16)12-21-22(29)28-23(31-21)27-19-4-2-1-3-18(19)25/h1-12H,13H2,(H,27,28,29)/b21-12+. The Labute approximate surface area is 196 Å². The molecule has 1 aliphatic rings. The molecule has 1 aliphatic heterocycles. The molecule has 3 aromatic carbocycles. The Kier molecular flexibility index (Phi) is 6.75. The van der Waals surface area contributed by atoms with Crippen LogP contribution in [0.5, 0.6) is 5.75 Å². The van der Waals surface area contributed by atoms with Gasteiger partial charge in [-0.2, -0.15) is 0 Å². The number of hydrogen-bond donors (Lipinski definition) is 1. The van der Waals surface area contributed by atoms with Gasteiger partial charge in [-0.15, -0.1) is 0 Å². The third-order valence-corrected chi connectivity index (χ3v) is 6.01. The average Bonchev–Trinajstić information content (AvgIpc) is 3.09. The van der Waals surface area contributed by atoms with Gasteiger partial charge in [0.15, 0.2) is 5.17 Å². The molecule has 156 valence electrons. The Morgan fingerprint density at radius 1 is 1.13 bits per heavy atom. The average molecular weight is 518 g/mol. The number of carbonyl (C=O) groups is 1. The van der Waals surface area contributed by atoms with Gasteiger partial charge < -0.3 is 10.1 Å². The van der Waals surface area contributed by atoms with Crippen molar-refractivity contribution < 1.29 is 13.9 Å². The summed E-state index contributed by atoms with van der Waals surface area (Å²) in [5.41, 5.74) is 2.15. The highest BCUT2D eigenvalue weighted by Crippen LogP contribution is 2.33. The van der Waals surface area contributed by atoms with Gasteiger partial charge in [0, 0.05) is 10.0 Å². The van der Waals surface area contributed by atoms with Gasteiger partial charge in [-0.1, -0.05) is 51.8 Å². The van der Waals surface area contributed by atoms with Crippen molar-refractivity contribution >= 4 is 62.1 Å². The van der Waals surface area contributed by atoms with Crippen molar-refractivity contribution in [2.24, 2.45) is 4.99 Å². The summed E-state index contributed by atoms with van der Waals surface area (Å²) in [7, 11) is 0. The summed E-state index contributed by atoms with van der Waals surface area (Å²) in [6, 6.07) is 18.8. The minimum Gasteiger partial charge on any atom is -0.488 e. The van der Waals surface area contributed by atoms with Crippen molar-refractivity contribution in [3.63, 3.8) is 0 Å². The first-order valence-corrected chi connectivity index (χ1v) is 11.2. The zero-order valence-corrected chi connectivity index (χ0v) is 19.1. The van der Waals surface area contributed by atoms with E-state index in [-0.39, 0.29) is 18.3 Å². The number of amidine groups is 1. The molecule has 31 heavy (non-hydrogen) atoms. The lowest BCUT2D eigenvalue weighted by atomic mass is 10.2. The second-order valence-corrected chi connectivity index (χ2v) is 8.88. The summed E-state index contributed by atoms with van der Waals surface area (Å²) in [4.78, 5) is 17.4. The number of para-hydroxylation sites is 1. The number of nitrogens with one attached hydrogen (secondary N) is 1. The van der Waals surface area contributed by atoms with Crippen molar-refractivity contribution in [2.45, 2.75) is 6.61 Å². The molecule has 3 aromatic rings. The molecule has 4 nitrogen and oxygen atoms in total. The van der Waals surface area contributed by atoms with Crippen LogP contribution in [-0.4, -0.2) is 11.1 Å². The second kappa shape index (κ2) is 9.68. The van der Waals surface area contributed by atoms with E-state index in [1.807, 2.05) is 30.3 Å². The summed E-state index contributed by atoms with van der Waals surface area (Å²) < 4.78 is 19.9. The number of carbonyl (C=O) groups excluding carboxylic acids is 1. The lowest BCUT2D eigenvalue weighted by Gasteiger charge is -2.10. The lowest BCUT2D eigenvalue weighted by molar-refractivity contribution is -0.115. The van der Waals surface area contributed by atoms with Crippen molar-refractivity contribution in [1.82, 2.24) is 5.32 Å². The molecule has 0 saturated carbocycles. The van der Waals surface area contributed by atoms with Crippen LogP contribution in [0.3, 0.4) is 0 Å². The monoisotopic (exact) mass is 516 g/mol. The molecule has 0 bridgehead atoms. The summed E-state index contributed by atoms with van der Waals surface area (Å²) in [5.74, 6) is 0.0570. The van der Waals surface area contributed by atoms with E-state index < -0.39 is 0 Å². The Balaban J connectivity index is 1.56. The first-order chi connectivity index (χ1) is 15.0. The van der Waals surface area contributed by atoms with Crippen LogP contribution in [0.15, 0.2) is 81.1 Å². The van der Waals surface area contributed by atoms with E-state index in [0.717, 1.165) is 15.6 Å². The van der Waals surface area contributed by atoms with Crippen molar-refractivity contribution in [1.29, 1.82) is 0 Å². The SMILES string of the molecule is O=C1NC(=Nc2ccccc2Cl)S/C1=C/c1cc(Br)ccc1OCc1ccc(F)cc1. The number of aliphatic imine (C=N–C) groups is 1. The minimum absolute atomic E-state index is 0.250. The van der Waals surface area contributed by atoms with Crippen LogP contribution in [-0.2, 0) is 11.4 Å². The number of hydrogen-bond acceptors (Lipinski definition) is 4. The van der Waals surface area contributed by atoms with E-state index in [0.29, 0.717) is 26.5 Å². The highest BCUT2D eigenvalue weighted by molar-refractivity contribution is 9.10. The third kappa shape index (κ3) is 5.55. The molecule has 0 aromatic heterocycles. The van der Waals surface area contributed by atoms with Crippen LogP contribution in [0, 0.1) is 5.82 Å². The van der Waals surface area contributed by atoms with E-state index in [1.165, 1.54) is 23.9 Å². The summed E-state index contributed by atoms with van der Waals surface area (Å²) in [6.07, 6.45) is 1.75. The number of halogens is 3. The highest BCUT2D eigenvalue weighted by atomic mass is 79.9. The molecule has 1 saturated heterocycles. The number of amides is 1. The van der Waals surface area contributed by atoms with Crippen LogP contribution in [0.1, 0.15) is 11.1 Å². The van der Waals surface area contributed by atoms with Crippen LogP contribution >= 0.6 is 39.3 Å². The zero-order valence-electron chi connectivity index (χ0n) is 15.9. The van der Waals surface area contributed by atoms with Crippen LogP contribution in [0.2, 0.25) is 5.02 Å². The van der Waals surface area contributed by atoms with Crippen molar-refractivity contribution in [3.8, 4) is 5.75 Å². The molecule has 0 atom stereocenters. The van der Waals surface area contributed by atoms with Crippen molar-refractivity contribution in [3.05, 3.63) is 98.1 Å². The molecule has 1 amide bonds. The lowest BCUT2D eigenvalue weighted by Crippen LogP contribution is -2.19. The van der Waals surface area contributed by atoms with Gasteiger partial charge in [-0.25, -0.2) is 9.38 Å². The van der Waals surface area contributed by atoms with Gasteiger partial charge in [-0.05, 0) is 65.9 Å². The number of benzene rings is 3. The number of nitrogens with zero attached hydrogens (tertiary/aromatic N) is 1. The van der Waals surface area contributed by atoms with Gasteiger partial charge >= 0.3 is 0 Å². The third-order valence-electron chi connectivity index (χ3n) is 4.29. The molecule has 0 unspecified atom stereocenters. The maximum absolute atomic E-state index is 13.1. The first kappa shape index (κ1) is 21.6. The maximum atomic E-state index is 13.1. The van der Waals surface area contributed by atoms with Gasteiger partial charge in [0.25, 0.3) is 5.91 Å². The quantitative estimate of drug-likeness (QED) is 0.383. The van der Waals surface area contributed by atoms with E-state index >= 15 is 0 Å². The largest absolute Gasteiger partial charge is 0.488 e. The van der Waals surface area contributed by atoms with Crippen LogP contribution in [0.4, 0.5) is 10.1 Å². The molecule has 0 spiro atoms. The number of thioether (sulfide) groups is 1. The number of rotatable bonds is 5. The smallest absolute Gasteiger partial charge is 0.264 e. The molecule has 8 heteroatoms. The summed E-state index contributed by atoms with van der Waals surface area (Å²) in [6.45, 7) is 0.274. The maximum Gasteiger partial charge on any atom is 0.264 e. The zero-order chi connectivity index (χ0) is 21.8. The predicted octanol–water partition coefficient (Wildman–Crippen LogP) is 6.71. The molecular formula is C23H15BrClFN2O2S. The van der Waals surface area contributed by atoms with Crippen molar-refractivity contribution in [2.75, 3.05) is 0 Å². The fourth-order valence-corrected chi connectivity index (χ4v) is 4.16. The first-order valence-electron chi connectivity index (χ1n) is 9.19. The molecule has 1 N–H and O–H groups in total. The van der Waals surface area contributed by atoms with Gasteiger partial charge in [-0.3, -0.25) is 4.79 Å². The topological polar surface area (TPSA) is 50.7 Å². The van der Waals surface area contributed by atoms with Gasteiger partial charge in [0.1, 0.15) is 18.2 Å². The Morgan fingerprint density at radius 2 is 1.90 bits per heavy atom. The van der Waals surface area contributed by atoms with Crippen LogP contribution < -0.4 is 10.1 Å². The van der Waals surface area contributed by atoms with Gasteiger partial charge in [0.05, 0.1) is 15.6 Å². The fraction of sp³-hybridized carbons (Fsp3) is 0.0435. The van der Waals surface area contributed by atoms with E-state index in [4.69, 9.17) is 16.3 Å². The summed E-state index contributed by atoms with van der Waals surface area (Å²) >= 11 is 10.8. The predicted molar refractivity (Wildman–Crippen MR) is 127 cm³/mol. The van der Waals surface area contributed by atoms with E-state index in [1.54, 1.807) is 30.3 Å². The summed E-state index contributed by atoms with van der Waals surface area (Å²) in [5, 5.41) is 3.71. The molecule has 1 fully saturated rings. The Bertz CT molecular complexity index is 1200. The fourth-order valence-electron chi connectivity index (χ4n) is 2.78. The Hall–Kier alpha value is -2.61. The Morgan fingerprint density at radius 3 is 2.68 bits per heavy atom. The van der Waals surface area contributed by atoms with Gasteiger partial charge in [0.2, 0.25) is 0 Å². The van der Waals surface area contributed by atoms with E-state index in [2.05, 4.69) is 26.2 Å². The molecule has 1 heterocycles.